The maximum Gasteiger partial charge on any atom is 0.262 e. The molecule has 1 aromatic rings. The molecule has 0 bridgehead atoms. The average Bonchev–Trinajstić information content (AvgIpc) is 3.10. The predicted molar refractivity (Wildman–Crippen MR) is 68.4 cm³/mol. The van der Waals surface area contributed by atoms with Gasteiger partial charge in [0.25, 0.3) is 10.0 Å². The molecule has 1 aliphatic rings. The van der Waals surface area contributed by atoms with Crippen LogP contribution in [-0.2, 0) is 16.6 Å². The van der Waals surface area contributed by atoms with E-state index in [1.807, 2.05) is 6.92 Å². The highest BCUT2D eigenvalue weighted by Crippen LogP contribution is 2.36. The highest BCUT2D eigenvalue weighted by atomic mass is 32.2. The zero-order valence-electron chi connectivity index (χ0n) is 11.0. The van der Waals surface area contributed by atoms with Crippen molar-refractivity contribution < 1.29 is 8.42 Å². The quantitative estimate of drug-likeness (QED) is 0.821. The van der Waals surface area contributed by atoms with Crippen LogP contribution in [0.1, 0.15) is 31.0 Å². The van der Waals surface area contributed by atoms with E-state index in [9.17, 15) is 8.42 Å². The van der Waals surface area contributed by atoms with Gasteiger partial charge in [-0.25, -0.2) is 8.42 Å². The fraction of sp³-hybridized carbons (Fsp3) is 0.727. The Morgan fingerprint density at radius 2 is 2.17 bits per heavy atom. The van der Waals surface area contributed by atoms with Gasteiger partial charge in [-0.3, -0.25) is 5.10 Å². The molecule has 3 N–H and O–H groups in total. The molecule has 0 spiro atoms. The summed E-state index contributed by atoms with van der Waals surface area (Å²) < 4.78 is 26.4. The number of hydrogen-bond donors (Lipinski definition) is 2. The maximum atomic E-state index is 12.5. The van der Waals surface area contributed by atoms with E-state index >= 15 is 0 Å². The fourth-order valence-corrected chi connectivity index (χ4v) is 3.71. The topological polar surface area (TPSA) is 92.1 Å². The van der Waals surface area contributed by atoms with Crippen molar-refractivity contribution in [1.29, 1.82) is 0 Å². The molecule has 7 heteroatoms. The number of aromatic nitrogens is 2. The Morgan fingerprint density at radius 1 is 1.56 bits per heavy atom. The fourth-order valence-electron chi connectivity index (χ4n) is 2.11. The van der Waals surface area contributed by atoms with Crippen molar-refractivity contribution in [2.75, 3.05) is 7.05 Å². The molecule has 0 amide bonds. The largest absolute Gasteiger partial charge is 0.326 e. The van der Waals surface area contributed by atoms with E-state index < -0.39 is 10.0 Å². The van der Waals surface area contributed by atoms with Crippen LogP contribution in [0, 0.1) is 12.8 Å². The molecule has 0 radical (unpaired) electrons. The summed E-state index contributed by atoms with van der Waals surface area (Å²) in [7, 11) is -1.94. The number of hydrogen-bond acceptors (Lipinski definition) is 4. The first-order valence-corrected chi connectivity index (χ1v) is 7.55. The summed E-state index contributed by atoms with van der Waals surface area (Å²) >= 11 is 0. The van der Waals surface area contributed by atoms with Crippen molar-refractivity contribution in [3.8, 4) is 0 Å². The molecule has 0 saturated heterocycles. The number of nitrogens with one attached hydrogen (secondary N) is 1. The minimum atomic E-state index is -3.55. The number of sulfonamides is 1. The summed E-state index contributed by atoms with van der Waals surface area (Å²) in [5.41, 5.74) is 6.88. The standard InChI is InChI=1S/C11H20N4O2S/c1-7-10(6-12)11(14-13-7)18(16,17)15(3)8(2)9-4-5-9/h8-9H,4-6,12H2,1-3H3,(H,13,14). The van der Waals surface area contributed by atoms with E-state index in [4.69, 9.17) is 5.73 Å². The van der Waals surface area contributed by atoms with Crippen LogP contribution in [-0.4, -0.2) is 36.0 Å². The highest BCUT2D eigenvalue weighted by molar-refractivity contribution is 7.89. The lowest BCUT2D eigenvalue weighted by Gasteiger charge is -2.23. The SMILES string of the molecule is Cc1[nH]nc(S(=O)(=O)N(C)C(C)C2CC2)c1CN. The molecule has 102 valence electrons. The molecular formula is C11H20N4O2S. The lowest BCUT2D eigenvalue weighted by Crippen LogP contribution is -2.37. The number of aromatic amines is 1. The first-order valence-electron chi connectivity index (χ1n) is 6.11. The van der Waals surface area contributed by atoms with Crippen molar-refractivity contribution >= 4 is 10.0 Å². The maximum absolute atomic E-state index is 12.5. The molecule has 1 heterocycles. The number of H-pyrrole nitrogens is 1. The van der Waals surface area contributed by atoms with Crippen LogP contribution in [0.5, 0.6) is 0 Å². The van der Waals surface area contributed by atoms with Gasteiger partial charge in [0.15, 0.2) is 5.03 Å². The second kappa shape index (κ2) is 4.64. The Morgan fingerprint density at radius 3 is 2.67 bits per heavy atom. The molecule has 6 nitrogen and oxygen atoms in total. The lowest BCUT2D eigenvalue weighted by molar-refractivity contribution is 0.355. The third-order valence-corrected chi connectivity index (χ3v) is 5.66. The summed E-state index contributed by atoms with van der Waals surface area (Å²) in [5.74, 6) is 0.478. The van der Waals surface area contributed by atoms with Crippen LogP contribution in [0.25, 0.3) is 0 Å². The van der Waals surface area contributed by atoms with E-state index in [0.717, 1.165) is 12.8 Å². The summed E-state index contributed by atoms with van der Waals surface area (Å²) in [6.45, 7) is 3.89. The van der Waals surface area contributed by atoms with Crippen molar-refractivity contribution in [1.82, 2.24) is 14.5 Å². The molecule has 2 rings (SSSR count). The monoisotopic (exact) mass is 272 g/mol. The van der Waals surface area contributed by atoms with Crippen molar-refractivity contribution in [2.24, 2.45) is 11.7 Å². The summed E-state index contributed by atoms with van der Waals surface area (Å²) in [5, 5.41) is 6.67. The van der Waals surface area contributed by atoms with Gasteiger partial charge in [-0.2, -0.15) is 9.40 Å². The van der Waals surface area contributed by atoms with Crippen LogP contribution < -0.4 is 5.73 Å². The molecule has 1 fully saturated rings. The zero-order chi connectivity index (χ0) is 13.5. The van der Waals surface area contributed by atoms with Crippen LogP contribution in [0.4, 0.5) is 0 Å². The van der Waals surface area contributed by atoms with Crippen LogP contribution in [0.2, 0.25) is 0 Å². The van der Waals surface area contributed by atoms with Gasteiger partial charge in [-0.1, -0.05) is 0 Å². The van der Waals surface area contributed by atoms with E-state index in [-0.39, 0.29) is 17.6 Å². The number of rotatable bonds is 5. The van der Waals surface area contributed by atoms with Gasteiger partial charge in [0.05, 0.1) is 0 Å². The smallest absolute Gasteiger partial charge is 0.262 e. The molecule has 18 heavy (non-hydrogen) atoms. The van der Waals surface area contributed by atoms with Crippen LogP contribution >= 0.6 is 0 Å². The molecule has 1 aromatic heterocycles. The lowest BCUT2D eigenvalue weighted by atomic mass is 10.2. The zero-order valence-corrected chi connectivity index (χ0v) is 11.8. The third kappa shape index (κ3) is 2.17. The minimum absolute atomic E-state index is 0.0117. The van der Waals surface area contributed by atoms with E-state index in [1.54, 1.807) is 14.0 Å². The van der Waals surface area contributed by atoms with Gasteiger partial charge < -0.3 is 5.73 Å². The van der Waals surface area contributed by atoms with E-state index in [0.29, 0.717) is 17.2 Å². The Balaban J connectivity index is 2.34. The summed E-state index contributed by atoms with van der Waals surface area (Å²) in [6, 6.07) is 0.0117. The number of nitrogens with two attached hydrogens (primary N) is 1. The highest BCUT2D eigenvalue weighted by Gasteiger charge is 2.37. The van der Waals surface area contributed by atoms with Gasteiger partial charge in [-0.15, -0.1) is 0 Å². The van der Waals surface area contributed by atoms with E-state index in [2.05, 4.69) is 10.2 Å². The van der Waals surface area contributed by atoms with Crippen molar-refractivity contribution in [2.45, 2.75) is 44.3 Å². The normalized spacial score (nSPS) is 18.3. The van der Waals surface area contributed by atoms with Gasteiger partial charge in [0.2, 0.25) is 0 Å². The molecule has 1 atom stereocenters. The Hall–Kier alpha value is -0.920. The van der Waals surface area contributed by atoms with E-state index in [1.165, 1.54) is 4.31 Å². The number of aryl methyl sites for hydroxylation is 1. The van der Waals surface area contributed by atoms with Crippen LogP contribution in [0.3, 0.4) is 0 Å². The first kappa shape index (κ1) is 13.5. The number of nitrogens with zero attached hydrogens (tertiary/aromatic N) is 2. The second-order valence-electron chi connectivity index (χ2n) is 4.94. The van der Waals surface area contributed by atoms with Gasteiger partial charge in [0, 0.05) is 30.9 Å². The molecule has 0 aromatic carbocycles. The Bertz CT molecular complexity index is 533. The molecule has 0 aliphatic heterocycles. The Kier molecular flexibility index (Phi) is 3.48. The van der Waals surface area contributed by atoms with Crippen molar-refractivity contribution in [3.05, 3.63) is 11.3 Å². The van der Waals surface area contributed by atoms with Crippen LogP contribution in [0.15, 0.2) is 5.03 Å². The molecule has 1 unspecified atom stereocenters. The average molecular weight is 272 g/mol. The summed E-state index contributed by atoms with van der Waals surface area (Å²) in [4.78, 5) is 0. The second-order valence-corrected chi connectivity index (χ2v) is 6.85. The van der Waals surface area contributed by atoms with Crippen molar-refractivity contribution in [3.63, 3.8) is 0 Å². The first-order chi connectivity index (χ1) is 8.39. The van der Waals surface area contributed by atoms with Gasteiger partial charge in [0.1, 0.15) is 0 Å². The predicted octanol–water partition coefficient (Wildman–Crippen LogP) is 0.596. The minimum Gasteiger partial charge on any atom is -0.326 e. The summed E-state index contributed by atoms with van der Waals surface area (Å²) in [6.07, 6.45) is 2.20. The molecular weight excluding hydrogens is 252 g/mol. The molecule has 1 aliphatic carbocycles. The van der Waals surface area contributed by atoms with Gasteiger partial charge >= 0.3 is 0 Å². The molecule has 1 saturated carbocycles. The third-order valence-electron chi connectivity index (χ3n) is 3.74. The van der Waals surface area contributed by atoms with Gasteiger partial charge in [-0.05, 0) is 32.6 Å². The Labute approximate surface area is 108 Å².